The highest BCUT2D eigenvalue weighted by Crippen LogP contribution is 2.07. The van der Waals surface area contributed by atoms with Gasteiger partial charge in [-0.2, -0.15) is 0 Å². The average Bonchev–Trinajstić information content (AvgIpc) is 2.36. The van der Waals surface area contributed by atoms with Gasteiger partial charge in [-0.3, -0.25) is 4.79 Å². The second kappa shape index (κ2) is 8.67. The van der Waals surface area contributed by atoms with E-state index in [1.807, 2.05) is 31.2 Å². The van der Waals surface area contributed by atoms with Crippen molar-refractivity contribution in [2.75, 3.05) is 31.6 Å². The maximum atomic E-state index is 11.6. The monoisotopic (exact) mass is 264 g/mol. The first kappa shape index (κ1) is 15.7. The van der Waals surface area contributed by atoms with Gasteiger partial charge in [0.05, 0.1) is 13.2 Å². The fraction of sp³-hybridized carbons (Fsp3) is 0.533. The molecule has 0 aliphatic rings. The van der Waals surface area contributed by atoms with Crippen LogP contribution in [-0.4, -0.2) is 32.2 Å². The molecule has 0 spiro atoms. The molecule has 19 heavy (non-hydrogen) atoms. The first-order valence-electron chi connectivity index (χ1n) is 6.73. The maximum absolute atomic E-state index is 11.6. The summed E-state index contributed by atoms with van der Waals surface area (Å²) in [6.45, 7) is 8.63. The number of hydrogen-bond acceptors (Lipinski definition) is 3. The molecule has 1 aromatic carbocycles. The Balaban J connectivity index is 2.09. The van der Waals surface area contributed by atoms with Crippen molar-refractivity contribution in [1.82, 2.24) is 5.32 Å². The van der Waals surface area contributed by atoms with Crippen LogP contribution in [0.3, 0.4) is 0 Å². The first-order valence-corrected chi connectivity index (χ1v) is 6.73. The Morgan fingerprint density at radius 3 is 2.58 bits per heavy atom. The number of amides is 1. The number of ether oxygens (including phenoxy) is 1. The molecule has 4 nitrogen and oxygen atoms in total. The summed E-state index contributed by atoms with van der Waals surface area (Å²) in [5.41, 5.74) is 2.01. The van der Waals surface area contributed by atoms with Gasteiger partial charge in [0.1, 0.15) is 0 Å². The van der Waals surface area contributed by atoms with E-state index in [9.17, 15) is 4.79 Å². The summed E-state index contributed by atoms with van der Waals surface area (Å²) in [6, 6.07) is 7.75. The molecule has 1 amide bonds. The topological polar surface area (TPSA) is 50.4 Å². The lowest BCUT2D eigenvalue weighted by molar-refractivity contribution is -0.115. The molecular weight excluding hydrogens is 240 g/mol. The largest absolute Gasteiger partial charge is 0.380 e. The van der Waals surface area contributed by atoms with Gasteiger partial charge in [0.2, 0.25) is 5.91 Å². The minimum atomic E-state index is -0.0345. The summed E-state index contributed by atoms with van der Waals surface area (Å²) in [5, 5.41) is 5.89. The maximum Gasteiger partial charge on any atom is 0.238 e. The number of nitrogens with one attached hydrogen (secondary N) is 2. The average molecular weight is 264 g/mol. The Morgan fingerprint density at radius 1 is 1.26 bits per heavy atom. The van der Waals surface area contributed by atoms with Gasteiger partial charge in [0, 0.05) is 18.8 Å². The van der Waals surface area contributed by atoms with Crippen molar-refractivity contribution in [2.45, 2.75) is 20.8 Å². The third kappa shape index (κ3) is 7.59. The van der Waals surface area contributed by atoms with E-state index in [0.29, 0.717) is 25.6 Å². The summed E-state index contributed by atoms with van der Waals surface area (Å²) in [4.78, 5) is 11.6. The molecule has 0 bridgehead atoms. The van der Waals surface area contributed by atoms with Crippen molar-refractivity contribution < 1.29 is 9.53 Å². The highest BCUT2D eigenvalue weighted by atomic mass is 16.5. The Morgan fingerprint density at radius 2 is 1.95 bits per heavy atom. The highest BCUT2D eigenvalue weighted by molar-refractivity contribution is 5.92. The zero-order valence-electron chi connectivity index (χ0n) is 12.0. The lowest BCUT2D eigenvalue weighted by Crippen LogP contribution is -2.30. The molecule has 1 aromatic rings. The number of carbonyl (C=O) groups excluding carboxylic acids is 1. The van der Waals surface area contributed by atoms with E-state index in [0.717, 1.165) is 12.3 Å². The summed E-state index contributed by atoms with van der Waals surface area (Å²) < 4.78 is 5.41. The summed E-state index contributed by atoms with van der Waals surface area (Å²) in [6.07, 6.45) is 0. The molecule has 0 aliphatic heterocycles. The van der Waals surface area contributed by atoms with Gasteiger partial charge in [-0.15, -0.1) is 0 Å². The van der Waals surface area contributed by atoms with Crippen LogP contribution in [0.5, 0.6) is 0 Å². The van der Waals surface area contributed by atoms with Crippen LogP contribution in [0.15, 0.2) is 24.3 Å². The molecule has 0 unspecified atom stereocenters. The molecule has 0 fully saturated rings. The number of hydrogen-bond donors (Lipinski definition) is 2. The fourth-order valence-corrected chi connectivity index (χ4v) is 1.51. The Hall–Kier alpha value is -1.39. The van der Waals surface area contributed by atoms with Crippen LogP contribution in [0.1, 0.15) is 19.4 Å². The van der Waals surface area contributed by atoms with Gasteiger partial charge in [-0.05, 0) is 25.0 Å². The lowest BCUT2D eigenvalue weighted by Gasteiger charge is -2.08. The Kier molecular flexibility index (Phi) is 7.15. The van der Waals surface area contributed by atoms with E-state index in [2.05, 4.69) is 24.5 Å². The molecule has 0 saturated heterocycles. The van der Waals surface area contributed by atoms with Crippen LogP contribution in [0.2, 0.25) is 0 Å². The third-order valence-electron chi connectivity index (χ3n) is 2.50. The minimum Gasteiger partial charge on any atom is -0.380 e. The fourth-order valence-electron chi connectivity index (χ4n) is 1.51. The van der Waals surface area contributed by atoms with Gasteiger partial charge < -0.3 is 15.4 Å². The van der Waals surface area contributed by atoms with E-state index in [4.69, 9.17) is 4.74 Å². The van der Waals surface area contributed by atoms with Gasteiger partial charge >= 0.3 is 0 Å². The molecule has 0 saturated carbocycles. The van der Waals surface area contributed by atoms with Crippen molar-refractivity contribution in [2.24, 2.45) is 5.92 Å². The van der Waals surface area contributed by atoms with Crippen molar-refractivity contribution in [3.8, 4) is 0 Å². The van der Waals surface area contributed by atoms with Crippen LogP contribution >= 0.6 is 0 Å². The number of benzene rings is 1. The van der Waals surface area contributed by atoms with Gasteiger partial charge in [0.15, 0.2) is 0 Å². The molecule has 0 atom stereocenters. The van der Waals surface area contributed by atoms with Crippen LogP contribution in [0.25, 0.3) is 0 Å². The molecule has 106 valence electrons. The van der Waals surface area contributed by atoms with Crippen molar-refractivity contribution >= 4 is 11.6 Å². The zero-order valence-corrected chi connectivity index (χ0v) is 12.0. The minimum absolute atomic E-state index is 0.0345. The summed E-state index contributed by atoms with van der Waals surface area (Å²) in [7, 11) is 0. The van der Waals surface area contributed by atoms with Gasteiger partial charge in [-0.25, -0.2) is 0 Å². The predicted octanol–water partition coefficient (Wildman–Crippen LogP) is 2.20. The zero-order chi connectivity index (χ0) is 14.1. The quantitative estimate of drug-likeness (QED) is 0.708. The number of rotatable bonds is 8. The SMILES string of the molecule is Cc1ccc(NC(=O)CNCCOCC(C)C)cc1. The molecule has 1 rings (SSSR count). The van der Waals surface area contributed by atoms with Crippen LogP contribution < -0.4 is 10.6 Å². The lowest BCUT2D eigenvalue weighted by atomic mass is 10.2. The Bertz CT molecular complexity index is 374. The van der Waals surface area contributed by atoms with E-state index in [1.165, 1.54) is 5.56 Å². The van der Waals surface area contributed by atoms with Crippen LogP contribution in [0, 0.1) is 12.8 Å². The normalized spacial score (nSPS) is 10.7. The van der Waals surface area contributed by atoms with Crippen LogP contribution in [0.4, 0.5) is 5.69 Å². The summed E-state index contributed by atoms with van der Waals surface area (Å²) >= 11 is 0. The third-order valence-corrected chi connectivity index (χ3v) is 2.50. The predicted molar refractivity (Wildman–Crippen MR) is 78.3 cm³/mol. The van der Waals surface area contributed by atoms with E-state index in [-0.39, 0.29) is 5.91 Å². The number of anilines is 1. The second-order valence-electron chi connectivity index (χ2n) is 5.06. The van der Waals surface area contributed by atoms with E-state index < -0.39 is 0 Å². The molecule has 0 radical (unpaired) electrons. The number of aryl methyl sites for hydroxylation is 1. The molecule has 2 N–H and O–H groups in total. The standard InChI is InChI=1S/C15H24N2O2/c1-12(2)11-19-9-8-16-10-15(18)17-14-6-4-13(3)5-7-14/h4-7,12,16H,8-11H2,1-3H3,(H,17,18). The molecule has 0 heterocycles. The smallest absolute Gasteiger partial charge is 0.238 e. The van der Waals surface area contributed by atoms with E-state index >= 15 is 0 Å². The summed E-state index contributed by atoms with van der Waals surface area (Å²) in [5.74, 6) is 0.512. The molecular formula is C15H24N2O2. The van der Waals surface area contributed by atoms with Crippen LogP contribution in [-0.2, 0) is 9.53 Å². The first-order chi connectivity index (χ1) is 9.08. The van der Waals surface area contributed by atoms with E-state index in [1.54, 1.807) is 0 Å². The highest BCUT2D eigenvalue weighted by Gasteiger charge is 2.01. The van der Waals surface area contributed by atoms with Gasteiger partial charge in [0.25, 0.3) is 0 Å². The Labute approximate surface area is 115 Å². The number of carbonyl (C=O) groups is 1. The van der Waals surface area contributed by atoms with Crippen molar-refractivity contribution in [1.29, 1.82) is 0 Å². The van der Waals surface area contributed by atoms with Crippen molar-refractivity contribution in [3.63, 3.8) is 0 Å². The molecule has 0 aliphatic carbocycles. The second-order valence-corrected chi connectivity index (χ2v) is 5.06. The van der Waals surface area contributed by atoms with Crippen molar-refractivity contribution in [3.05, 3.63) is 29.8 Å². The molecule has 4 heteroatoms. The molecule has 0 aromatic heterocycles. The van der Waals surface area contributed by atoms with Gasteiger partial charge in [-0.1, -0.05) is 31.5 Å².